The monoisotopic (exact) mass is 557 g/mol. The second-order valence-electron chi connectivity index (χ2n) is 10.2. The molecule has 0 spiro atoms. The van der Waals surface area contributed by atoms with E-state index in [1.54, 1.807) is 17.0 Å². The van der Waals surface area contributed by atoms with Crippen molar-refractivity contribution < 1.29 is 29.0 Å². The Labute approximate surface area is 239 Å². The molecule has 214 valence electrons. The number of carbonyl (C=O) groups excluding carboxylic acids is 2. The van der Waals surface area contributed by atoms with Gasteiger partial charge in [-0.2, -0.15) is 0 Å². The highest BCUT2D eigenvalue weighted by Gasteiger charge is 2.30. The standard InChI is InChI=1S/C32H35N3O6/c1-2-40-18-17-34-15-16-35(30(36)20-34)23-13-11-22(12-14-23)19-29(31(37)38)33-32(39)41-21-28-26-9-5-3-7-24(26)25-8-4-6-10-27(25)28/h3-14,28-29H,2,15-21H2,1H3,(H,33,39)(H,37,38)/t29-/m0/s1. The van der Waals surface area contributed by atoms with E-state index in [0.717, 1.165) is 46.6 Å². The summed E-state index contributed by atoms with van der Waals surface area (Å²) in [6.45, 7) is 5.70. The van der Waals surface area contributed by atoms with Crippen LogP contribution in [0.4, 0.5) is 10.5 Å². The molecule has 0 radical (unpaired) electrons. The van der Waals surface area contributed by atoms with Gasteiger partial charge in [0, 0.05) is 44.3 Å². The summed E-state index contributed by atoms with van der Waals surface area (Å²) in [5.41, 5.74) is 5.90. The Balaban J connectivity index is 1.15. The number of benzene rings is 3. The molecule has 0 unspecified atom stereocenters. The van der Waals surface area contributed by atoms with Crippen molar-refractivity contribution in [1.29, 1.82) is 0 Å². The first-order valence-electron chi connectivity index (χ1n) is 14.0. The molecule has 9 nitrogen and oxygen atoms in total. The van der Waals surface area contributed by atoms with E-state index in [2.05, 4.69) is 22.3 Å². The van der Waals surface area contributed by atoms with Gasteiger partial charge in [-0.1, -0.05) is 60.7 Å². The van der Waals surface area contributed by atoms with Crippen molar-refractivity contribution in [2.24, 2.45) is 0 Å². The molecule has 5 rings (SSSR count). The lowest BCUT2D eigenvalue weighted by atomic mass is 9.98. The molecule has 2 N–H and O–H groups in total. The van der Waals surface area contributed by atoms with Gasteiger partial charge in [-0.05, 0) is 46.9 Å². The summed E-state index contributed by atoms with van der Waals surface area (Å²) >= 11 is 0. The number of hydrogen-bond donors (Lipinski definition) is 2. The van der Waals surface area contributed by atoms with Gasteiger partial charge in [-0.25, -0.2) is 9.59 Å². The molecule has 3 aromatic carbocycles. The molecular formula is C32H35N3O6. The predicted molar refractivity (Wildman–Crippen MR) is 155 cm³/mol. The molecule has 1 aliphatic heterocycles. The highest BCUT2D eigenvalue weighted by Crippen LogP contribution is 2.44. The van der Waals surface area contributed by atoms with E-state index >= 15 is 0 Å². The van der Waals surface area contributed by atoms with Gasteiger partial charge in [-0.15, -0.1) is 0 Å². The van der Waals surface area contributed by atoms with Crippen LogP contribution in [-0.4, -0.2) is 80.0 Å². The minimum absolute atomic E-state index is 0.0147. The SMILES string of the molecule is CCOCCN1CCN(c2ccc(C[C@H](NC(=O)OCC3c4ccccc4-c4ccccc43)C(=O)O)cc2)C(=O)C1. The van der Waals surface area contributed by atoms with Crippen LogP contribution < -0.4 is 10.2 Å². The molecule has 1 aliphatic carbocycles. The van der Waals surface area contributed by atoms with E-state index in [1.807, 2.05) is 55.5 Å². The molecule has 1 atom stereocenters. The van der Waals surface area contributed by atoms with Gasteiger partial charge in [0.25, 0.3) is 0 Å². The fourth-order valence-corrected chi connectivity index (χ4v) is 5.55. The lowest BCUT2D eigenvalue weighted by Crippen LogP contribution is -2.51. The van der Waals surface area contributed by atoms with Crippen LogP contribution in [0.15, 0.2) is 72.8 Å². The highest BCUT2D eigenvalue weighted by molar-refractivity contribution is 5.95. The van der Waals surface area contributed by atoms with Crippen LogP contribution in [0.1, 0.15) is 29.5 Å². The van der Waals surface area contributed by atoms with Crippen molar-refractivity contribution in [3.63, 3.8) is 0 Å². The Morgan fingerprint density at radius 3 is 2.24 bits per heavy atom. The predicted octanol–water partition coefficient (Wildman–Crippen LogP) is 3.91. The fourth-order valence-electron chi connectivity index (χ4n) is 5.55. The lowest BCUT2D eigenvalue weighted by molar-refractivity contribution is -0.139. The molecule has 0 aromatic heterocycles. The molecule has 2 amide bonds. The first-order valence-corrected chi connectivity index (χ1v) is 14.0. The Hall–Kier alpha value is -4.21. The largest absolute Gasteiger partial charge is 0.480 e. The molecular weight excluding hydrogens is 522 g/mol. The summed E-state index contributed by atoms with van der Waals surface area (Å²) in [5.74, 6) is -1.25. The van der Waals surface area contributed by atoms with Crippen LogP contribution in [0.3, 0.4) is 0 Å². The first-order chi connectivity index (χ1) is 19.9. The number of carboxylic acid groups (broad SMARTS) is 1. The van der Waals surface area contributed by atoms with Crippen LogP contribution in [0.25, 0.3) is 11.1 Å². The van der Waals surface area contributed by atoms with E-state index in [1.165, 1.54) is 0 Å². The minimum atomic E-state index is -1.16. The molecule has 1 saturated heterocycles. The first kappa shape index (κ1) is 28.3. The topological polar surface area (TPSA) is 108 Å². The number of nitrogens with one attached hydrogen (secondary N) is 1. The van der Waals surface area contributed by atoms with Crippen molar-refractivity contribution in [1.82, 2.24) is 10.2 Å². The van der Waals surface area contributed by atoms with Gasteiger partial charge in [0.15, 0.2) is 0 Å². The van der Waals surface area contributed by atoms with E-state index < -0.39 is 18.1 Å². The molecule has 0 bridgehead atoms. The number of amides is 2. The second-order valence-corrected chi connectivity index (χ2v) is 10.2. The number of nitrogens with zero attached hydrogens (tertiary/aromatic N) is 2. The number of aliphatic carboxylic acids is 1. The van der Waals surface area contributed by atoms with E-state index in [0.29, 0.717) is 26.3 Å². The van der Waals surface area contributed by atoms with E-state index in [4.69, 9.17) is 9.47 Å². The highest BCUT2D eigenvalue weighted by atomic mass is 16.5. The zero-order chi connectivity index (χ0) is 28.8. The maximum atomic E-state index is 12.7. The van der Waals surface area contributed by atoms with Crippen molar-refractivity contribution in [3.05, 3.63) is 89.5 Å². The smallest absolute Gasteiger partial charge is 0.407 e. The number of piperazine rings is 1. The van der Waals surface area contributed by atoms with Crippen LogP contribution in [0.5, 0.6) is 0 Å². The zero-order valence-electron chi connectivity index (χ0n) is 23.1. The second kappa shape index (κ2) is 13.0. The maximum absolute atomic E-state index is 12.7. The van der Waals surface area contributed by atoms with Crippen molar-refractivity contribution in [2.45, 2.75) is 25.3 Å². The third-order valence-corrected chi connectivity index (χ3v) is 7.68. The number of ether oxygens (including phenoxy) is 2. The number of rotatable bonds is 11. The molecule has 2 aliphatic rings. The molecule has 0 saturated carbocycles. The minimum Gasteiger partial charge on any atom is -0.480 e. The van der Waals surface area contributed by atoms with Crippen molar-refractivity contribution >= 4 is 23.7 Å². The molecule has 3 aromatic rings. The van der Waals surface area contributed by atoms with Gasteiger partial charge in [0.1, 0.15) is 12.6 Å². The van der Waals surface area contributed by atoms with Crippen molar-refractivity contribution in [3.8, 4) is 11.1 Å². The number of alkyl carbamates (subject to hydrolysis) is 1. The Morgan fingerprint density at radius 1 is 0.976 bits per heavy atom. The number of carboxylic acids is 1. The summed E-state index contributed by atoms with van der Waals surface area (Å²) in [4.78, 5) is 41.2. The van der Waals surface area contributed by atoms with Crippen molar-refractivity contribution in [2.75, 3.05) is 50.9 Å². The van der Waals surface area contributed by atoms with Gasteiger partial charge >= 0.3 is 12.1 Å². The number of anilines is 1. The van der Waals surface area contributed by atoms with Gasteiger partial charge < -0.3 is 24.8 Å². The average molecular weight is 558 g/mol. The zero-order valence-corrected chi connectivity index (χ0v) is 23.1. The van der Waals surface area contributed by atoms with E-state index in [-0.39, 0.29) is 24.9 Å². The molecule has 41 heavy (non-hydrogen) atoms. The third kappa shape index (κ3) is 6.58. The van der Waals surface area contributed by atoms with Crippen LogP contribution in [0, 0.1) is 0 Å². The lowest BCUT2D eigenvalue weighted by Gasteiger charge is -2.34. The Morgan fingerprint density at radius 2 is 1.63 bits per heavy atom. The molecule has 1 fully saturated rings. The fraction of sp³-hybridized carbons (Fsp3) is 0.344. The molecule has 9 heteroatoms. The van der Waals surface area contributed by atoms with Crippen LogP contribution in [0.2, 0.25) is 0 Å². The van der Waals surface area contributed by atoms with Gasteiger partial charge in [0.05, 0.1) is 13.2 Å². The number of carbonyl (C=O) groups is 3. The van der Waals surface area contributed by atoms with Gasteiger partial charge in [0.2, 0.25) is 5.91 Å². The summed E-state index contributed by atoms with van der Waals surface area (Å²) in [6.07, 6.45) is -0.692. The summed E-state index contributed by atoms with van der Waals surface area (Å²) in [5, 5.41) is 12.3. The Kier molecular flexibility index (Phi) is 8.96. The summed E-state index contributed by atoms with van der Waals surface area (Å²) in [6, 6.07) is 22.1. The number of hydrogen-bond acceptors (Lipinski definition) is 6. The average Bonchev–Trinajstić information content (AvgIpc) is 3.30. The van der Waals surface area contributed by atoms with E-state index in [9.17, 15) is 19.5 Å². The van der Waals surface area contributed by atoms with Crippen LogP contribution in [-0.2, 0) is 25.5 Å². The Bertz CT molecular complexity index is 1350. The molecule has 1 heterocycles. The summed E-state index contributed by atoms with van der Waals surface area (Å²) < 4.78 is 10.9. The maximum Gasteiger partial charge on any atom is 0.407 e. The number of fused-ring (bicyclic) bond motifs is 3. The third-order valence-electron chi connectivity index (χ3n) is 7.68. The normalized spacial score (nSPS) is 15.7. The summed E-state index contributed by atoms with van der Waals surface area (Å²) in [7, 11) is 0. The van der Waals surface area contributed by atoms with Gasteiger partial charge in [-0.3, -0.25) is 9.69 Å². The quantitative estimate of drug-likeness (QED) is 0.344. The van der Waals surface area contributed by atoms with Crippen LogP contribution >= 0.6 is 0 Å².